The summed E-state index contributed by atoms with van der Waals surface area (Å²) in [5.74, 6) is 0.584. The molecule has 0 radical (unpaired) electrons. The van der Waals surface area contributed by atoms with Crippen LogP contribution in [0.15, 0.2) is 24.3 Å². The summed E-state index contributed by atoms with van der Waals surface area (Å²) in [5, 5.41) is 3.51. The van der Waals surface area contributed by atoms with Crippen LogP contribution in [-0.4, -0.2) is 31.8 Å². The summed E-state index contributed by atoms with van der Waals surface area (Å²) < 4.78 is 10.4. The Morgan fingerprint density at radius 3 is 2.57 bits per heavy atom. The summed E-state index contributed by atoms with van der Waals surface area (Å²) in [6.45, 7) is 1.92. The Labute approximate surface area is 126 Å². The van der Waals surface area contributed by atoms with Crippen LogP contribution in [-0.2, 0) is 16.0 Å². The van der Waals surface area contributed by atoms with E-state index in [9.17, 15) is 4.79 Å². The lowest BCUT2D eigenvalue weighted by atomic mass is 9.91. The van der Waals surface area contributed by atoms with Crippen molar-refractivity contribution in [3.8, 4) is 5.75 Å². The van der Waals surface area contributed by atoms with Gasteiger partial charge < -0.3 is 9.47 Å². The van der Waals surface area contributed by atoms with E-state index >= 15 is 0 Å². The molecular weight excluding hydrogens is 266 g/mol. The average Bonchev–Trinajstić information content (AvgIpc) is 2.99. The molecule has 0 aromatic heterocycles. The molecule has 0 bridgehead atoms. The van der Waals surface area contributed by atoms with Crippen LogP contribution in [0.25, 0.3) is 0 Å². The van der Waals surface area contributed by atoms with Crippen molar-refractivity contribution in [2.45, 2.75) is 50.6 Å². The van der Waals surface area contributed by atoms with E-state index < -0.39 is 5.54 Å². The summed E-state index contributed by atoms with van der Waals surface area (Å²) in [5.41, 5.74) is 0.289. The van der Waals surface area contributed by atoms with Crippen LogP contribution in [0.3, 0.4) is 0 Å². The molecule has 0 saturated heterocycles. The molecule has 0 heterocycles. The second-order valence-electron chi connectivity index (χ2n) is 5.94. The number of esters is 1. The molecule has 4 heteroatoms. The highest BCUT2D eigenvalue weighted by molar-refractivity contribution is 5.81. The van der Waals surface area contributed by atoms with Gasteiger partial charge in [-0.3, -0.25) is 10.1 Å². The van der Waals surface area contributed by atoms with Crippen molar-refractivity contribution in [1.82, 2.24) is 5.32 Å². The number of hydrogen-bond acceptors (Lipinski definition) is 4. The van der Waals surface area contributed by atoms with E-state index in [1.165, 1.54) is 20.0 Å². The first-order valence-corrected chi connectivity index (χ1v) is 7.57. The van der Waals surface area contributed by atoms with E-state index in [4.69, 9.17) is 9.47 Å². The van der Waals surface area contributed by atoms with Gasteiger partial charge in [-0.25, -0.2) is 0 Å². The van der Waals surface area contributed by atoms with Gasteiger partial charge in [-0.05, 0) is 31.4 Å². The minimum Gasteiger partial charge on any atom is -0.496 e. The van der Waals surface area contributed by atoms with Gasteiger partial charge in [0.05, 0.1) is 14.2 Å². The first kappa shape index (κ1) is 15.8. The zero-order valence-electron chi connectivity index (χ0n) is 13.1. The molecule has 21 heavy (non-hydrogen) atoms. The van der Waals surface area contributed by atoms with Crippen LogP contribution in [0.1, 0.15) is 38.2 Å². The topological polar surface area (TPSA) is 47.6 Å². The van der Waals surface area contributed by atoms with Gasteiger partial charge in [0.2, 0.25) is 0 Å². The average molecular weight is 291 g/mol. The predicted molar refractivity (Wildman–Crippen MR) is 82.5 cm³/mol. The number of carbonyl (C=O) groups is 1. The maximum atomic E-state index is 12.3. The first-order valence-electron chi connectivity index (χ1n) is 7.57. The van der Waals surface area contributed by atoms with Crippen molar-refractivity contribution in [3.63, 3.8) is 0 Å². The zero-order valence-corrected chi connectivity index (χ0v) is 13.1. The van der Waals surface area contributed by atoms with Gasteiger partial charge in [-0.1, -0.05) is 31.0 Å². The van der Waals surface area contributed by atoms with Crippen molar-refractivity contribution >= 4 is 5.97 Å². The highest BCUT2D eigenvalue weighted by Crippen LogP contribution is 2.27. The van der Waals surface area contributed by atoms with E-state index in [0.717, 1.165) is 24.2 Å². The zero-order chi connectivity index (χ0) is 15.3. The molecule has 0 aliphatic heterocycles. The fourth-order valence-electron chi connectivity index (χ4n) is 3.16. The third kappa shape index (κ3) is 3.76. The van der Waals surface area contributed by atoms with Gasteiger partial charge >= 0.3 is 5.97 Å². The minimum absolute atomic E-state index is 0.222. The molecule has 116 valence electrons. The molecule has 1 fully saturated rings. The Morgan fingerprint density at radius 2 is 1.95 bits per heavy atom. The predicted octanol–water partition coefficient (Wildman–Crippen LogP) is 2.70. The maximum Gasteiger partial charge on any atom is 0.326 e. The Hall–Kier alpha value is -1.55. The van der Waals surface area contributed by atoms with E-state index in [1.807, 2.05) is 31.2 Å². The third-order valence-corrected chi connectivity index (χ3v) is 4.25. The van der Waals surface area contributed by atoms with Crippen molar-refractivity contribution < 1.29 is 14.3 Å². The standard InChI is InChI=1S/C17H25NO3/c1-17(16(19)21-3,18-14-9-5-6-10-14)12-13-8-4-7-11-15(13)20-2/h4,7-8,11,14,18H,5-6,9-10,12H2,1-3H3. The molecule has 1 unspecified atom stereocenters. The fourth-order valence-corrected chi connectivity index (χ4v) is 3.16. The molecule has 0 amide bonds. The second kappa shape index (κ2) is 6.94. The van der Waals surface area contributed by atoms with Gasteiger partial charge in [0.25, 0.3) is 0 Å². The van der Waals surface area contributed by atoms with E-state index in [0.29, 0.717) is 12.5 Å². The van der Waals surface area contributed by atoms with Gasteiger partial charge in [0.1, 0.15) is 11.3 Å². The highest BCUT2D eigenvalue weighted by Gasteiger charge is 2.37. The quantitative estimate of drug-likeness (QED) is 0.819. The molecule has 4 nitrogen and oxygen atoms in total. The summed E-state index contributed by atoms with van der Waals surface area (Å²) in [4.78, 5) is 12.3. The van der Waals surface area contributed by atoms with Crippen LogP contribution in [0.2, 0.25) is 0 Å². The summed E-state index contributed by atoms with van der Waals surface area (Å²) in [6, 6.07) is 8.20. The van der Waals surface area contributed by atoms with E-state index in [1.54, 1.807) is 7.11 Å². The summed E-state index contributed by atoms with van der Waals surface area (Å²) in [6.07, 6.45) is 5.25. The van der Waals surface area contributed by atoms with Crippen LogP contribution in [0.4, 0.5) is 0 Å². The number of ether oxygens (including phenoxy) is 2. The van der Waals surface area contributed by atoms with Gasteiger partial charge in [-0.2, -0.15) is 0 Å². The highest BCUT2D eigenvalue weighted by atomic mass is 16.5. The number of rotatable bonds is 6. The summed E-state index contributed by atoms with van der Waals surface area (Å²) >= 11 is 0. The number of para-hydroxylation sites is 1. The van der Waals surface area contributed by atoms with E-state index in [2.05, 4.69) is 5.32 Å². The first-order chi connectivity index (χ1) is 10.1. The molecule has 1 aliphatic carbocycles. The molecule has 1 N–H and O–H groups in total. The Bertz CT molecular complexity index is 483. The summed E-state index contributed by atoms with van der Waals surface area (Å²) in [7, 11) is 3.10. The third-order valence-electron chi connectivity index (χ3n) is 4.25. The number of benzene rings is 1. The Kier molecular flexibility index (Phi) is 5.23. The Morgan fingerprint density at radius 1 is 1.29 bits per heavy atom. The van der Waals surface area contributed by atoms with Crippen molar-refractivity contribution in [1.29, 1.82) is 0 Å². The largest absolute Gasteiger partial charge is 0.496 e. The minimum atomic E-state index is -0.724. The molecule has 1 aromatic rings. The molecule has 1 aromatic carbocycles. The lowest BCUT2D eigenvalue weighted by Gasteiger charge is -2.32. The Balaban J connectivity index is 2.20. The van der Waals surface area contributed by atoms with Crippen LogP contribution in [0.5, 0.6) is 5.75 Å². The fraction of sp³-hybridized carbons (Fsp3) is 0.588. The monoisotopic (exact) mass is 291 g/mol. The molecular formula is C17H25NO3. The molecule has 1 atom stereocenters. The number of carbonyl (C=O) groups excluding carboxylic acids is 1. The second-order valence-corrected chi connectivity index (χ2v) is 5.94. The van der Waals surface area contributed by atoms with Crippen LogP contribution < -0.4 is 10.1 Å². The van der Waals surface area contributed by atoms with Crippen LogP contribution >= 0.6 is 0 Å². The number of methoxy groups -OCH3 is 2. The molecule has 2 rings (SSSR count). The molecule has 1 saturated carbocycles. The van der Waals surface area contributed by atoms with Gasteiger partial charge in [-0.15, -0.1) is 0 Å². The maximum absolute atomic E-state index is 12.3. The lowest BCUT2D eigenvalue weighted by Crippen LogP contribution is -2.55. The van der Waals surface area contributed by atoms with Crippen LogP contribution in [0, 0.1) is 0 Å². The van der Waals surface area contributed by atoms with E-state index in [-0.39, 0.29) is 5.97 Å². The van der Waals surface area contributed by atoms with Gasteiger partial charge in [0, 0.05) is 12.5 Å². The van der Waals surface area contributed by atoms with Gasteiger partial charge in [0.15, 0.2) is 0 Å². The van der Waals surface area contributed by atoms with Crippen molar-refractivity contribution in [2.24, 2.45) is 0 Å². The number of nitrogens with one attached hydrogen (secondary N) is 1. The van der Waals surface area contributed by atoms with Crippen molar-refractivity contribution in [2.75, 3.05) is 14.2 Å². The van der Waals surface area contributed by atoms with Crippen molar-refractivity contribution in [3.05, 3.63) is 29.8 Å². The molecule has 1 aliphatic rings. The molecule has 0 spiro atoms. The lowest BCUT2D eigenvalue weighted by molar-refractivity contribution is -0.148. The SMILES string of the molecule is COC(=O)C(C)(Cc1ccccc1OC)NC1CCCC1. The number of hydrogen-bond donors (Lipinski definition) is 1. The smallest absolute Gasteiger partial charge is 0.326 e. The normalized spacial score (nSPS) is 18.2.